The Labute approximate surface area is 132 Å². The Morgan fingerprint density at radius 3 is 2.57 bits per heavy atom. The van der Waals surface area contributed by atoms with Crippen molar-refractivity contribution in [3.8, 4) is 5.75 Å². The molecule has 0 radical (unpaired) electrons. The molecule has 3 N–H and O–H groups in total. The summed E-state index contributed by atoms with van der Waals surface area (Å²) in [6.07, 6.45) is 0.0476. The number of carbonyl (C=O) groups excluding carboxylic acids is 1. The minimum atomic E-state index is -0.601. The molecule has 0 aliphatic heterocycles. The van der Waals surface area contributed by atoms with Crippen LogP contribution in [-0.4, -0.2) is 24.6 Å². The van der Waals surface area contributed by atoms with Crippen molar-refractivity contribution in [3.63, 3.8) is 0 Å². The van der Waals surface area contributed by atoms with Gasteiger partial charge in [0.15, 0.2) is 6.10 Å². The molecule has 0 spiro atoms. The molecule has 118 valence electrons. The van der Waals surface area contributed by atoms with E-state index in [1.807, 2.05) is 32.9 Å². The first-order valence-corrected chi connectivity index (χ1v) is 7.66. The number of nitrogens with two attached hydrogens (primary N) is 1. The largest absolute Gasteiger partial charge is 0.479 e. The Bertz CT molecular complexity index is 475. The van der Waals surface area contributed by atoms with Crippen LogP contribution in [-0.2, 0) is 11.2 Å². The first kappa shape index (κ1) is 17.8. The maximum Gasteiger partial charge on any atom is 0.260 e. The van der Waals surface area contributed by atoms with Crippen molar-refractivity contribution in [2.45, 2.75) is 46.3 Å². The minimum absolute atomic E-state index is 0.00381. The fourth-order valence-electron chi connectivity index (χ4n) is 1.87. The first-order chi connectivity index (χ1) is 9.81. The number of amides is 1. The third kappa shape index (κ3) is 5.94. The van der Waals surface area contributed by atoms with Crippen molar-refractivity contribution >= 4 is 17.5 Å². The van der Waals surface area contributed by atoms with Gasteiger partial charge in [-0.25, -0.2) is 0 Å². The van der Waals surface area contributed by atoms with E-state index in [9.17, 15) is 4.79 Å². The number of carbonyl (C=O) groups is 1. The van der Waals surface area contributed by atoms with Crippen LogP contribution in [0.4, 0.5) is 0 Å². The summed E-state index contributed by atoms with van der Waals surface area (Å²) in [6, 6.07) is 5.52. The third-order valence-electron chi connectivity index (χ3n) is 2.94. The second-order valence-electron chi connectivity index (χ2n) is 5.81. The molecule has 0 fully saturated rings. The molecule has 0 saturated heterocycles. The van der Waals surface area contributed by atoms with Crippen molar-refractivity contribution in [1.82, 2.24) is 5.32 Å². The zero-order chi connectivity index (χ0) is 16.0. The monoisotopic (exact) mass is 312 g/mol. The zero-order valence-electron chi connectivity index (χ0n) is 13.2. The Hall–Kier alpha value is -1.26. The maximum absolute atomic E-state index is 12.0. The predicted molar refractivity (Wildman–Crippen MR) is 86.7 cm³/mol. The van der Waals surface area contributed by atoms with Crippen molar-refractivity contribution in [3.05, 3.63) is 28.8 Å². The summed E-state index contributed by atoms with van der Waals surface area (Å²) < 4.78 is 5.77. The summed E-state index contributed by atoms with van der Waals surface area (Å²) in [4.78, 5) is 12.0. The molecule has 0 aliphatic rings. The highest BCUT2D eigenvalue weighted by atomic mass is 35.5. The zero-order valence-corrected chi connectivity index (χ0v) is 13.9. The van der Waals surface area contributed by atoms with Crippen LogP contribution in [0, 0.1) is 5.92 Å². The molecule has 1 rings (SSSR count). The van der Waals surface area contributed by atoms with E-state index in [2.05, 4.69) is 5.32 Å². The van der Waals surface area contributed by atoms with Crippen LogP contribution in [0.2, 0.25) is 5.02 Å². The van der Waals surface area contributed by atoms with Gasteiger partial charge in [0.05, 0.1) is 5.02 Å². The predicted octanol–water partition coefficient (Wildman–Crippen LogP) is 2.77. The van der Waals surface area contributed by atoms with Gasteiger partial charge in [0.1, 0.15) is 5.75 Å². The van der Waals surface area contributed by atoms with Gasteiger partial charge in [0, 0.05) is 12.6 Å². The topological polar surface area (TPSA) is 64.3 Å². The molecule has 5 heteroatoms. The average Bonchev–Trinajstić information content (AvgIpc) is 2.39. The van der Waals surface area contributed by atoms with E-state index in [1.54, 1.807) is 13.0 Å². The lowest BCUT2D eigenvalue weighted by Gasteiger charge is -2.19. The normalized spacial score (nSPS) is 13.9. The highest BCUT2D eigenvalue weighted by Crippen LogP contribution is 2.30. The summed E-state index contributed by atoms with van der Waals surface area (Å²) >= 11 is 6.19. The van der Waals surface area contributed by atoms with Crippen LogP contribution in [0.1, 0.15) is 33.3 Å². The fraction of sp³-hybridized carbons (Fsp3) is 0.562. The van der Waals surface area contributed by atoms with Gasteiger partial charge in [0.25, 0.3) is 5.91 Å². The Morgan fingerprint density at radius 1 is 1.33 bits per heavy atom. The number of rotatable bonds is 7. The van der Waals surface area contributed by atoms with Gasteiger partial charge < -0.3 is 15.8 Å². The molecule has 1 amide bonds. The molecule has 0 aromatic heterocycles. The van der Waals surface area contributed by atoms with Gasteiger partial charge in [-0.2, -0.15) is 0 Å². The van der Waals surface area contributed by atoms with Crippen LogP contribution >= 0.6 is 11.6 Å². The quantitative estimate of drug-likeness (QED) is 0.813. The van der Waals surface area contributed by atoms with Crippen LogP contribution in [0.15, 0.2) is 18.2 Å². The van der Waals surface area contributed by atoms with E-state index >= 15 is 0 Å². The van der Waals surface area contributed by atoms with Gasteiger partial charge in [-0.15, -0.1) is 0 Å². The summed E-state index contributed by atoms with van der Waals surface area (Å²) in [5.74, 6) is 0.800. The van der Waals surface area contributed by atoms with Gasteiger partial charge in [-0.05, 0) is 37.8 Å². The van der Waals surface area contributed by atoms with E-state index in [4.69, 9.17) is 22.1 Å². The lowest BCUT2D eigenvalue weighted by molar-refractivity contribution is -0.127. The minimum Gasteiger partial charge on any atom is -0.479 e. The number of nitrogens with one attached hydrogen (secondary N) is 1. The number of hydrogen-bond acceptors (Lipinski definition) is 3. The number of ether oxygens (including phenoxy) is 1. The second kappa shape index (κ2) is 8.25. The summed E-state index contributed by atoms with van der Waals surface area (Å²) in [5, 5.41) is 3.35. The molecule has 1 aromatic rings. The highest BCUT2D eigenvalue weighted by Gasteiger charge is 2.18. The van der Waals surface area contributed by atoms with E-state index in [1.165, 1.54) is 0 Å². The van der Waals surface area contributed by atoms with E-state index in [0.717, 1.165) is 5.56 Å². The van der Waals surface area contributed by atoms with Crippen molar-refractivity contribution in [1.29, 1.82) is 0 Å². The molecular weight excluding hydrogens is 288 g/mol. The molecule has 0 saturated carbocycles. The third-order valence-corrected chi connectivity index (χ3v) is 3.24. The van der Waals surface area contributed by atoms with Gasteiger partial charge >= 0.3 is 0 Å². The Kier molecular flexibility index (Phi) is 6.99. The van der Waals surface area contributed by atoms with Gasteiger partial charge in [-0.3, -0.25) is 4.79 Å². The van der Waals surface area contributed by atoms with Crippen LogP contribution in [0.25, 0.3) is 0 Å². The Balaban J connectivity index is 2.79. The highest BCUT2D eigenvalue weighted by molar-refractivity contribution is 6.32. The molecule has 2 atom stereocenters. The standard InChI is InChI=1S/C16H25ClN2O2/c1-10(2)9-19-16(20)12(4)21-15-13(8-11(3)18)6-5-7-14(15)17/h5-7,10-12H,8-9,18H2,1-4H3,(H,19,20). The summed E-state index contributed by atoms with van der Waals surface area (Å²) in [6.45, 7) is 8.35. The molecule has 1 aromatic carbocycles. The smallest absolute Gasteiger partial charge is 0.260 e. The van der Waals surface area contributed by atoms with Crippen molar-refractivity contribution in [2.24, 2.45) is 11.7 Å². The van der Waals surface area contributed by atoms with Crippen LogP contribution < -0.4 is 15.8 Å². The molecule has 21 heavy (non-hydrogen) atoms. The lowest BCUT2D eigenvalue weighted by Crippen LogP contribution is -2.38. The number of para-hydroxylation sites is 1. The molecule has 0 bridgehead atoms. The maximum atomic E-state index is 12.0. The number of halogens is 1. The lowest BCUT2D eigenvalue weighted by atomic mass is 10.1. The first-order valence-electron chi connectivity index (χ1n) is 7.28. The van der Waals surface area contributed by atoms with Gasteiger partial charge in [0.2, 0.25) is 0 Å². The Morgan fingerprint density at radius 2 is 2.00 bits per heavy atom. The molecule has 4 nitrogen and oxygen atoms in total. The van der Waals surface area contributed by atoms with Crippen LogP contribution in [0.3, 0.4) is 0 Å². The molecule has 0 aliphatic carbocycles. The van der Waals surface area contributed by atoms with Crippen molar-refractivity contribution in [2.75, 3.05) is 6.54 Å². The fourth-order valence-corrected chi connectivity index (χ4v) is 2.11. The average molecular weight is 313 g/mol. The van der Waals surface area contributed by atoms with E-state index < -0.39 is 6.10 Å². The second-order valence-corrected chi connectivity index (χ2v) is 6.22. The van der Waals surface area contributed by atoms with Crippen molar-refractivity contribution < 1.29 is 9.53 Å². The number of hydrogen-bond donors (Lipinski definition) is 2. The van der Waals surface area contributed by atoms with Crippen LogP contribution in [0.5, 0.6) is 5.75 Å². The number of benzene rings is 1. The SMILES string of the molecule is CC(C)CNC(=O)C(C)Oc1c(Cl)cccc1CC(C)N. The van der Waals surface area contributed by atoms with E-state index in [-0.39, 0.29) is 11.9 Å². The summed E-state index contributed by atoms with van der Waals surface area (Å²) in [7, 11) is 0. The summed E-state index contributed by atoms with van der Waals surface area (Å²) in [5.41, 5.74) is 6.75. The molecule has 2 unspecified atom stereocenters. The molecule has 0 heterocycles. The molecular formula is C16H25ClN2O2. The van der Waals surface area contributed by atoms with Gasteiger partial charge in [-0.1, -0.05) is 37.6 Å². The van der Waals surface area contributed by atoms with E-state index in [0.29, 0.717) is 29.7 Å².